The average molecular weight is 184 g/mol. The Hall–Kier alpha value is -1.80. The molecule has 2 heteroatoms. The molecule has 0 saturated carbocycles. The minimum Gasteiger partial charge on any atom is -0.198 e. The largest absolute Gasteiger partial charge is 0.198 e. The molecule has 70 valence electrons. The second-order valence-corrected chi connectivity index (χ2v) is 3.34. The van der Waals surface area contributed by atoms with Gasteiger partial charge in [-0.2, -0.15) is 10.5 Å². The maximum Gasteiger partial charge on any atom is 0.0672 e. The molecule has 0 amide bonds. The highest BCUT2D eigenvalue weighted by atomic mass is 14.3. The highest BCUT2D eigenvalue weighted by molar-refractivity contribution is 5.17. The Bertz CT molecular complexity index is 356. The summed E-state index contributed by atoms with van der Waals surface area (Å²) in [6.45, 7) is 1.79. The van der Waals surface area contributed by atoms with Crippen molar-refractivity contribution in [2.24, 2.45) is 11.8 Å². The van der Waals surface area contributed by atoms with Crippen molar-refractivity contribution in [3.8, 4) is 12.1 Å². The first-order valence-electron chi connectivity index (χ1n) is 4.61. The molecule has 14 heavy (non-hydrogen) atoms. The third-order valence-electron chi connectivity index (χ3n) is 2.27. The van der Waals surface area contributed by atoms with E-state index in [0.29, 0.717) is 6.42 Å². The van der Waals surface area contributed by atoms with E-state index >= 15 is 0 Å². The zero-order valence-corrected chi connectivity index (χ0v) is 8.14. The van der Waals surface area contributed by atoms with Crippen molar-refractivity contribution in [3.63, 3.8) is 0 Å². The number of benzene rings is 1. The summed E-state index contributed by atoms with van der Waals surface area (Å²) in [4.78, 5) is 0. The Morgan fingerprint density at radius 1 is 1.14 bits per heavy atom. The van der Waals surface area contributed by atoms with E-state index in [9.17, 15) is 0 Å². The lowest BCUT2D eigenvalue weighted by Gasteiger charge is -2.10. The summed E-state index contributed by atoms with van der Waals surface area (Å²) in [5.74, 6) is -0.414. The van der Waals surface area contributed by atoms with Gasteiger partial charge >= 0.3 is 0 Å². The molecule has 0 N–H and O–H groups in total. The Morgan fingerprint density at radius 2 is 1.79 bits per heavy atom. The number of rotatable bonds is 3. The van der Waals surface area contributed by atoms with Gasteiger partial charge in [0.15, 0.2) is 0 Å². The van der Waals surface area contributed by atoms with E-state index in [0.717, 1.165) is 5.56 Å². The van der Waals surface area contributed by atoms with Crippen molar-refractivity contribution in [1.29, 1.82) is 10.5 Å². The smallest absolute Gasteiger partial charge is 0.0672 e. The van der Waals surface area contributed by atoms with Crippen LogP contribution < -0.4 is 0 Å². The molecule has 2 atom stereocenters. The fourth-order valence-corrected chi connectivity index (χ4v) is 1.29. The Morgan fingerprint density at radius 3 is 2.29 bits per heavy atom. The number of hydrogen-bond acceptors (Lipinski definition) is 2. The summed E-state index contributed by atoms with van der Waals surface area (Å²) in [7, 11) is 0. The molecule has 1 rings (SSSR count). The van der Waals surface area contributed by atoms with E-state index in [2.05, 4.69) is 12.1 Å². The normalized spacial score (nSPS) is 13.6. The van der Waals surface area contributed by atoms with E-state index in [1.165, 1.54) is 0 Å². The molecular formula is C12H12N2. The van der Waals surface area contributed by atoms with Crippen LogP contribution in [0.15, 0.2) is 30.3 Å². The maximum absolute atomic E-state index is 8.89. The number of nitriles is 2. The lowest BCUT2D eigenvalue weighted by molar-refractivity contribution is 0.531. The molecule has 1 aromatic carbocycles. The summed E-state index contributed by atoms with van der Waals surface area (Å²) in [6.07, 6.45) is 0.659. The van der Waals surface area contributed by atoms with Crippen LogP contribution in [0.25, 0.3) is 0 Å². The highest BCUT2D eigenvalue weighted by Crippen LogP contribution is 2.15. The van der Waals surface area contributed by atoms with Gasteiger partial charge in [0.05, 0.1) is 24.0 Å². The number of hydrogen-bond donors (Lipinski definition) is 0. The van der Waals surface area contributed by atoms with Gasteiger partial charge in [-0.3, -0.25) is 0 Å². The average Bonchev–Trinajstić information content (AvgIpc) is 2.26. The van der Waals surface area contributed by atoms with Crippen LogP contribution in [0.5, 0.6) is 0 Å². The lowest BCUT2D eigenvalue weighted by atomic mass is 9.90. The van der Waals surface area contributed by atoms with Gasteiger partial charge in [-0.05, 0) is 18.9 Å². The van der Waals surface area contributed by atoms with Crippen LogP contribution in [0, 0.1) is 34.5 Å². The molecule has 2 nitrogen and oxygen atoms in total. The van der Waals surface area contributed by atoms with Gasteiger partial charge in [-0.25, -0.2) is 0 Å². The summed E-state index contributed by atoms with van der Waals surface area (Å²) in [5.41, 5.74) is 1.11. The molecule has 0 spiro atoms. The minimum atomic E-state index is -0.208. The summed E-state index contributed by atoms with van der Waals surface area (Å²) in [6, 6.07) is 14.1. The Labute approximate surface area is 84.4 Å². The van der Waals surface area contributed by atoms with E-state index < -0.39 is 0 Å². The fraction of sp³-hybridized carbons (Fsp3) is 0.333. The van der Waals surface area contributed by atoms with Crippen LogP contribution in [0.2, 0.25) is 0 Å². The van der Waals surface area contributed by atoms with Crippen LogP contribution in [0.1, 0.15) is 12.5 Å². The first kappa shape index (κ1) is 10.3. The molecule has 0 aliphatic heterocycles. The van der Waals surface area contributed by atoms with Crippen molar-refractivity contribution in [1.82, 2.24) is 0 Å². The molecular weight excluding hydrogens is 172 g/mol. The Balaban J connectivity index is 2.69. The molecule has 0 saturated heterocycles. The van der Waals surface area contributed by atoms with Gasteiger partial charge < -0.3 is 0 Å². The molecule has 0 bridgehead atoms. The van der Waals surface area contributed by atoms with Crippen molar-refractivity contribution in [2.45, 2.75) is 13.3 Å². The van der Waals surface area contributed by atoms with E-state index in [1.54, 1.807) is 6.92 Å². The molecule has 0 aliphatic carbocycles. The van der Waals surface area contributed by atoms with Crippen molar-refractivity contribution >= 4 is 0 Å². The molecule has 1 aromatic rings. The van der Waals surface area contributed by atoms with Gasteiger partial charge in [-0.1, -0.05) is 30.3 Å². The van der Waals surface area contributed by atoms with Crippen LogP contribution in [-0.4, -0.2) is 0 Å². The monoisotopic (exact) mass is 184 g/mol. The topological polar surface area (TPSA) is 47.6 Å². The molecule has 0 heterocycles. The van der Waals surface area contributed by atoms with Crippen molar-refractivity contribution in [3.05, 3.63) is 35.9 Å². The zero-order chi connectivity index (χ0) is 10.4. The molecule has 0 radical (unpaired) electrons. The summed E-state index contributed by atoms with van der Waals surface area (Å²) in [5, 5.41) is 17.6. The van der Waals surface area contributed by atoms with Crippen LogP contribution in [0.4, 0.5) is 0 Å². The molecule has 2 unspecified atom stereocenters. The first-order valence-corrected chi connectivity index (χ1v) is 4.61. The quantitative estimate of drug-likeness (QED) is 0.724. The van der Waals surface area contributed by atoms with Gasteiger partial charge in [0.1, 0.15) is 0 Å². The van der Waals surface area contributed by atoms with E-state index in [4.69, 9.17) is 10.5 Å². The van der Waals surface area contributed by atoms with Crippen LogP contribution in [0.3, 0.4) is 0 Å². The first-order chi connectivity index (χ1) is 6.77. The van der Waals surface area contributed by atoms with Gasteiger partial charge in [0, 0.05) is 0 Å². The Kier molecular flexibility index (Phi) is 3.70. The summed E-state index contributed by atoms with van der Waals surface area (Å²) < 4.78 is 0. The summed E-state index contributed by atoms with van der Waals surface area (Å²) >= 11 is 0. The molecule has 0 aliphatic rings. The van der Waals surface area contributed by atoms with Crippen LogP contribution >= 0.6 is 0 Å². The predicted octanol–water partition coefficient (Wildman–Crippen LogP) is 2.53. The number of nitrogens with zero attached hydrogens (tertiary/aromatic N) is 2. The van der Waals surface area contributed by atoms with Gasteiger partial charge in [0.25, 0.3) is 0 Å². The molecule has 0 fully saturated rings. The SMILES string of the molecule is CC(C#N)C(C#N)Cc1ccccc1. The van der Waals surface area contributed by atoms with Gasteiger partial charge in [0.2, 0.25) is 0 Å². The second-order valence-electron chi connectivity index (χ2n) is 3.34. The van der Waals surface area contributed by atoms with E-state index in [1.807, 2.05) is 30.3 Å². The zero-order valence-electron chi connectivity index (χ0n) is 8.14. The predicted molar refractivity (Wildman–Crippen MR) is 54.0 cm³/mol. The van der Waals surface area contributed by atoms with Gasteiger partial charge in [-0.15, -0.1) is 0 Å². The van der Waals surface area contributed by atoms with E-state index in [-0.39, 0.29) is 11.8 Å². The van der Waals surface area contributed by atoms with Crippen LogP contribution in [-0.2, 0) is 6.42 Å². The second kappa shape index (κ2) is 5.04. The minimum absolute atomic E-state index is 0.206. The third kappa shape index (κ3) is 2.61. The van der Waals surface area contributed by atoms with Crippen molar-refractivity contribution in [2.75, 3.05) is 0 Å². The standard InChI is InChI=1S/C12H12N2/c1-10(8-13)12(9-14)7-11-5-3-2-4-6-11/h2-6,10,12H,7H2,1H3. The maximum atomic E-state index is 8.89. The molecule has 0 aromatic heterocycles. The third-order valence-corrected chi connectivity index (χ3v) is 2.27. The lowest BCUT2D eigenvalue weighted by Crippen LogP contribution is -2.10. The van der Waals surface area contributed by atoms with Crippen molar-refractivity contribution < 1.29 is 0 Å². The fourth-order valence-electron chi connectivity index (χ4n) is 1.29. The highest BCUT2D eigenvalue weighted by Gasteiger charge is 2.16.